The van der Waals surface area contributed by atoms with Crippen molar-refractivity contribution in [3.63, 3.8) is 0 Å². The van der Waals surface area contributed by atoms with Crippen molar-refractivity contribution in [3.8, 4) is 0 Å². The fraction of sp³-hybridized carbons (Fsp3) is 0.769. The number of hydrogen-bond donors (Lipinski definition) is 1. The summed E-state index contributed by atoms with van der Waals surface area (Å²) in [5, 5.41) is 12.1. The molecule has 0 saturated heterocycles. The molecular weight excluding hydrogens is 232 g/mol. The molecule has 1 aliphatic rings. The second kappa shape index (κ2) is 5.94. The van der Waals surface area contributed by atoms with Crippen LogP contribution in [-0.2, 0) is 6.54 Å². The predicted octanol–water partition coefficient (Wildman–Crippen LogP) is 2.37. The summed E-state index contributed by atoms with van der Waals surface area (Å²) in [6, 6.07) is 0. The van der Waals surface area contributed by atoms with Crippen LogP contribution in [0.4, 0.5) is 0 Å². The lowest BCUT2D eigenvalue weighted by Gasteiger charge is -2.34. The molecule has 1 heterocycles. The Kier molecular flexibility index (Phi) is 4.54. The third kappa shape index (κ3) is 3.76. The summed E-state index contributed by atoms with van der Waals surface area (Å²) in [5.41, 5.74) is 3.01. The van der Waals surface area contributed by atoms with E-state index >= 15 is 0 Å². The van der Waals surface area contributed by atoms with E-state index in [1.807, 2.05) is 5.51 Å². The van der Waals surface area contributed by atoms with Gasteiger partial charge in [-0.25, -0.2) is 4.98 Å². The van der Waals surface area contributed by atoms with Gasteiger partial charge >= 0.3 is 0 Å². The number of rotatable bonds is 4. The fourth-order valence-corrected chi connectivity index (χ4v) is 3.29. The zero-order valence-corrected chi connectivity index (χ0v) is 11.5. The molecule has 17 heavy (non-hydrogen) atoms. The lowest BCUT2D eigenvalue weighted by Crippen LogP contribution is -2.36. The van der Waals surface area contributed by atoms with E-state index in [-0.39, 0.29) is 6.10 Å². The van der Waals surface area contributed by atoms with E-state index in [2.05, 4.69) is 29.2 Å². The van der Waals surface area contributed by atoms with Gasteiger partial charge in [0.05, 0.1) is 17.3 Å². The maximum Gasteiger partial charge on any atom is 0.0795 e. The molecular formula is C13H22N2OS. The minimum atomic E-state index is -0.107. The molecule has 3 atom stereocenters. The number of hydrogen-bond acceptors (Lipinski definition) is 4. The Morgan fingerprint density at radius 1 is 1.53 bits per heavy atom. The second-order valence-electron chi connectivity index (χ2n) is 5.42. The first-order valence-corrected chi connectivity index (χ1v) is 7.33. The van der Waals surface area contributed by atoms with E-state index in [4.69, 9.17) is 0 Å². The van der Waals surface area contributed by atoms with Crippen LogP contribution in [0.25, 0.3) is 0 Å². The van der Waals surface area contributed by atoms with Gasteiger partial charge in [-0.05, 0) is 38.1 Å². The Morgan fingerprint density at radius 3 is 3.06 bits per heavy atom. The fourth-order valence-electron chi connectivity index (χ4n) is 2.74. The number of thiazole rings is 1. The highest BCUT2D eigenvalue weighted by Crippen LogP contribution is 2.29. The molecule has 0 bridgehead atoms. The van der Waals surface area contributed by atoms with E-state index < -0.39 is 0 Å². The van der Waals surface area contributed by atoms with E-state index in [9.17, 15) is 5.11 Å². The van der Waals surface area contributed by atoms with Crippen molar-refractivity contribution in [2.75, 3.05) is 13.6 Å². The summed E-state index contributed by atoms with van der Waals surface area (Å²) in [6.07, 6.45) is 3.19. The Morgan fingerprint density at radius 2 is 2.35 bits per heavy atom. The van der Waals surface area contributed by atoms with Gasteiger partial charge in [-0.3, -0.25) is 0 Å². The summed E-state index contributed by atoms with van der Waals surface area (Å²) in [4.78, 5) is 6.58. The SMILES string of the molecule is CC1CCC(O)C(CN(C)Cc2cscn2)C1. The maximum absolute atomic E-state index is 10.0. The van der Waals surface area contributed by atoms with Crippen LogP contribution in [-0.4, -0.2) is 34.7 Å². The van der Waals surface area contributed by atoms with Crippen molar-refractivity contribution in [2.24, 2.45) is 11.8 Å². The van der Waals surface area contributed by atoms with Gasteiger partial charge in [-0.2, -0.15) is 0 Å². The van der Waals surface area contributed by atoms with Crippen LogP contribution in [0.15, 0.2) is 10.9 Å². The zero-order chi connectivity index (χ0) is 12.3. The molecule has 1 N–H and O–H groups in total. The minimum absolute atomic E-state index is 0.107. The van der Waals surface area contributed by atoms with Crippen LogP contribution in [0.5, 0.6) is 0 Å². The van der Waals surface area contributed by atoms with Crippen molar-refractivity contribution >= 4 is 11.3 Å². The molecule has 3 unspecified atom stereocenters. The van der Waals surface area contributed by atoms with Gasteiger partial charge < -0.3 is 10.0 Å². The van der Waals surface area contributed by atoms with Crippen LogP contribution in [0.1, 0.15) is 31.9 Å². The maximum atomic E-state index is 10.0. The Balaban J connectivity index is 1.82. The highest BCUT2D eigenvalue weighted by Gasteiger charge is 2.27. The largest absolute Gasteiger partial charge is 0.393 e. The summed E-state index contributed by atoms with van der Waals surface area (Å²) in [5.74, 6) is 1.19. The van der Waals surface area contributed by atoms with Crippen molar-refractivity contribution < 1.29 is 5.11 Å². The van der Waals surface area contributed by atoms with Crippen LogP contribution in [0.2, 0.25) is 0 Å². The van der Waals surface area contributed by atoms with Crippen molar-refractivity contribution in [1.29, 1.82) is 0 Å². The second-order valence-corrected chi connectivity index (χ2v) is 6.14. The molecule has 1 aromatic rings. The summed E-state index contributed by atoms with van der Waals surface area (Å²) in [6.45, 7) is 4.16. The molecule has 0 amide bonds. The average molecular weight is 254 g/mol. The van der Waals surface area contributed by atoms with Gasteiger partial charge in [0.15, 0.2) is 0 Å². The Labute approximate surface area is 107 Å². The highest BCUT2D eigenvalue weighted by atomic mass is 32.1. The predicted molar refractivity (Wildman–Crippen MR) is 71.0 cm³/mol. The van der Waals surface area contributed by atoms with E-state index in [0.29, 0.717) is 5.92 Å². The molecule has 1 saturated carbocycles. The molecule has 1 fully saturated rings. The van der Waals surface area contributed by atoms with E-state index in [1.165, 1.54) is 6.42 Å². The summed E-state index contributed by atoms with van der Waals surface area (Å²) < 4.78 is 0. The topological polar surface area (TPSA) is 36.4 Å². The number of aliphatic hydroxyl groups excluding tert-OH is 1. The summed E-state index contributed by atoms with van der Waals surface area (Å²) >= 11 is 1.64. The number of aromatic nitrogens is 1. The number of nitrogens with zero attached hydrogens (tertiary/aromatic N) is 2. The first-order chi connectivity index (χ1) is 8.15. The Hall–Kier alpha value is -0.450. The lowest BCUT2D eigenvalue weighted by atomic mass is 9.80. The monoisotopic (exact) mass is 254 g/mol. The van der Waals surface area contributed by atoms with Crippen molar-refractivity contribution in [3.05, 3.63) is 16.6 Å². The van der Waals surface area contributed by atoms with Gasteiger partial charge in [0.25, 0.3) is 0 Å². The Bertz CT molecular complexity index is 328. The van der Waals surface area contributed by atoms with Crippen LogP contribution in [0.3, 0.4) is 0 Å². The van der Waals surface area contributed by atoms with Gasteiger partial charge in [-0.15, -0.1) is 11.3 Å². The van der Waals surface area contributed by atoms with Gasteiger partial charge in [0, 0.05) is 18.5 Å². The number of aliphatic hydroxyl groups is 1. The molecule has 4 heteroatoms. The average Bonchev–Trinajstić information content (AvgIpc) is 2.76. The van der Waals surface area contributed by atoms with Crippen molar-refractivity contribution in [2.45, 2.75) is 38.8 Å². The molecule has 1 aromatic heterocycles. The smallest absolute Gasteiger partial charge is 0.0795 e. The molecule has 0 spiro atoms. The van der Waals surface area contributed by atoms with Crippen LogP contribution >= 0.6 is 11.3 Å². The first-order valence-electron chi connectivity index (χ1n) is 6.39. The molecule has 0 aromatic carbocycles. The van der Waals surface area contributed by atoms with E-state index in [1.54, 1.807) is 11.3 Å². The molecule has 96 valence electrons. The van der Waals surface area contributed by atoms with Crippen molar-refractivity contribution in [1.82, 2.24) is 9.88 Å². The molecule has 0 radical (unpaired) electrons. The molecule has 3 nitrogen and oxygen atoms in total. The lowest BCUT2D eigenvalue weighted by molar-refractivity contribution is 0.0336. The van der Waals surface area contributed by atoms with Crippen LogP contribution < -0.4 is 0 Å². The first kappa shape index (κ1) is 13.0. The third-order valence-electron chi connectivity index (χ3n) is 3.67. The molecule has 2 rings (SSSR count). The normalized spacial score (nSPS) is 29.8. The quantitative estimate of drug-likeness (QED) is 0.896. The van der Waals surface area contributed by atoms with Gasteiger partial charge in [-0.1, -0.05) is 6.92 Å². The standard InChI is InChI=1S/C13H22N2OS/c1-10-3-4-13(16)11(5-10)6-15(2)7-12-8-17-9-14-12/h8-11,13,16H,3-7H2,1-2H3. The van der Waals surface area contributed by atoms with Gasteiger partial charge in [0.1, 0.15) is 0 Å². The minimum Gasteiger partial charge on any atom is -0.393 e. The third-order valence-corrected chi connectivity index (χ3v) is 4.30. The molecule has 1 aliphatic carbocycles. The molecule has 0 aliphatic heterocycles. The summed E-state index contributed by atoms with van der Waals surface area (Å²) in [7, 11) is 2.12. The van der Waals surface area contributed by atoms with Crippen LogP contribution in [0, 0.1) is 11.8 Å². The highest BCUT2D eigenvalue weighted by molar-refractivity contribution is 7.07. The van der Waals surface area contributed by atoms with Gasteiger partial charge in [0.2, 0.25) is 0 Å². The zero-order valence-electron chi connectivity index (χ0n) is 10.7. The van der Waals surface area contributed by atoms with E-state index in [0.717, 1.165) is 37.5 Å².